The van der Waals surface area contributed by atoms with Gasteiger partial charge in [0, 0.05) is 42.3 Å². The van der Waals surface area contributed by atoms with Crippen molar-refractivity contribution in [2.75, 3.05) is 0 Å². The van der Waals surface area contributed by atoms with E-state index in [0.717, 1.165) is 61.3 Å². The minimum Gasteiger partial charge on any atom is -0.501 e. The Balaban J connectivity index is 0.000000296. The first-order valence-electron chi connectivity index (χ1n) is 23.9. The van der Waals surface area contributed by atoms with E-state index in [2.05, 4.69) is 211 Å². The molecule has 0 atom stereocenters. The number of nitrogens with zero attached hydrogens (tertiary/aromatic N) is 4. The molecule has 0 aliphatic rings. The molecule has 0 saturated heterocycles. The summed E-state index contributed by atoms with van der Waals surface area (Å²) in [6, 6.07) is 60.5. The fourth-order valence-corrected chi connectivity index (χ4v) is 9.62. The van der Waals surface area contributed by atoms with E-state index >= 15 is 0 Å². The van der Waals surface area contributed by atoms with Crippen LogP contribution >= 0.6 is 0 Å². The molecule has 5 nitrogen and oxygen atoms in total. The second-order valence-electron chi connectivity index (χ2n) is 20.7. The van der Waals surface area contributed by atoms with Gasteiger partial charge in [-0.3, -0.25) is 9.97 Å². The van der Waals surface area contributed by atoms with Crippen LogP contribution in [-0.4, -0.2) is 19.5 Å². The standard InChI is InChI=1S/C49H43N2O.C14H15N2.Ir/c1-29(2)37-24-33(31-16-9-8-10-17-31)25-38(30(3)4)46(37)51-44-23-14-13-22-43(44)50-48(51)36-21-15-20-35-41-27-40-39(28-45(41)52-47(35)36)34-19-12-11-18-32(34)26-42(40)49(5,6)7;1-14(2,3)13-9-12(15-10-16-13)11-7-5-4-6-8-11;/h8-20,22-30H,1-7H3;4-7,9-10H,1-3H3;/q2*-1;. The van der Waals surface area contributed by atoms with E-state index in [-0.39, 0.29) is 42.8 Å². The van der Waals surface area contributed by atoms with Crippen LogP contribution in [0.1, 0.15) is 103 Å². The number of para-hydroxylation sites is 2. The van der Waals surface area contributed by atoms with Crippen molar-refractivity contribution in [3.8, 4) is 39.5 Å². The second-order valence-corrected chi connectivity index (χ2v) is 20.7. The summed E-state index contributed by atoms with van der Waals surface area (Å²) < 4.78 is 9.34. The van der Waals surface area contributed by atoms with Gasteiger partial charge in [0.15, 0.2) is 0 Å². The SMILES string of the molecule is CC(C)(C)c1cc(-c2[c-]cccc2)ncn1.CC(C)c1cc(-c2ccccc2)cc(C(C)C)c1-n1c(-c2[c-]ccc3c2oc2cc4c(cc23)c(C(C)(C)C)cc2ccccc24)nc2ccccc21.[Ir]. The summed E-state index contributed by atoms with van der Waals surface area (Å²) in [6.07, 6.45) is 1.62. The molecule has 69 heavy (non-hydrogen) atoms. The van der Waals surface area contributed by atoms with Gasteiger partial charge in [-0.2, -0.15) is 0 Å². The molecule has 0 aliphatic carbocycles. The number of furan rings is 1. The predicted octanol–water partition coefficient (Wildman–Crippen LogP) is 17.1. The van der Waals surface area contributed by atoms with Crippen molar-refractivity contribution in [2.24, 2.45) is 0 Å². The number of hydrogen-bond acceptors (Lipinski definition) is 4. The van der Waals surface area contributed by atoms with Gasteiger partial charge in [-0.25, -0.2) is 4.98 Å². The molecule has 0 amide bonds. The Morgan fingerprint density at radius 2 is 1.26 bits per heavy atom. The van der Waals surface area contributed by atoms with E-state index in [1.807, 2.05) is 36.4 Å². The predicted molar refractivity (Wildman–Crippen MR) is 285 cm³/mol. The van der Waals surface area contributed by atoms with Crippen molar-refractivity contribution >= 4 is 54.5 Å². The summed E-state index contributed by atoms with van der Waals surface area (Å²) >= 11 is 0. The third-order valence-electron chi connectivity index (χ3n) is 13.2. The van der Waals surface area contributed by atoms with Gasteiger partial charge >= 0.3 is 0 Å². The largest absolute Gasteiger partial charge is 0.501 e. The summed E-state index contributed by atoms with van der Waals surface area (Å²) in [6.45, 7) is 22.5. The van der Waals surface area contributed by atoms with Gasteiger partial charge in [-0.15, -0.1) is 54.1 Å². The molecule has 0 aliphatic heterocycles. The Morgan fingerprint density at radius 1 is 0.565 bits per heavy atom. The minimum absolute atomic E-state index is 0. The van der Waals surface area contributed by atoms with Crippen molar-refractivity contribution in [3.63, 3.8) is 0 Å². The molecule has 11 rings (SSSR count). The van der Waals surface area contributed by atoms with E-state index in [9.17, 15) is 0 Å². The number of rotatable bonds is 6. The van der Waals surface area contributed by atoms with Gasteiger partial charge in [-0.05, 0) is 115 Å². The first kappa shape index (κ1) is 47.3. The Labute approximate surface area is 420 Å². The molecule has 0 saturated carbocycles. The van der Waals surface area contributed by atoms with Crippen LogP contribution in [0.15, 0.2) is 162 Å². The molecule has 6 heteroatoms. The smallest absolute Gasteiger partial charge is 0.121 e. The number of aromatic nitrogens is 4. The summed E-state index contributed by atoms with van der Waals surface area (Å²) in [5, 5.41) is 7.16. The van der Waals surface area contributed by atoms with Crippen LogP contribution in [0.25, 0.3) is 94.0 Å². The molecule has 347 valence electrons. The Hall–Kier alpha value is -6.72. The summed E-state index contributed by atoms with van der Waals surface area (Å²) in [7, 11) is 0. The van der Waals surface area contributed by atoms with Gasteiger partial charge in [0.05, 0.1) is 22.4 Å². The molecule has 0 spiro atoms. The van der Waals surface area contributed by atoms with Crippen LogP contribution in [0.2, 0.25) is 0 Å². The van der Waals surface area contributed by atoms with Crippen molar-refractivity contribution in [3.05, 3.63) is 193 Å². The van der Waals surface area contributed by atoms with Crippen molar-refractivity contribution in [1.29, 1.82) is 0 Å². The van der Waals surface area contributed by atoms with Gasteiger partial charge in [0.1, 0.15) is 11.9 Å². The Kier molecular flexibility index (Phi) is 12.8. The van der Waals surface area contributed by atoms with E-state index in [4.69, 9.17) is 9.40 Å². The van der Waals surface area contributed by atoms with Crippen LogP contribution in [0.3, 0.4) is 0 Å². The van der Waals surface area contributed by atoms with Gasteiger partial charge in [0.2, 0.25) is 0 Å². The first-order valence-corrected chi connectivity index (χ1v) is 23.9. The topological polar surface area (TPSA) is 56.7 Å². The van der Waals surface area contributed by atoms with Crippen LogP contribution in [0.5, 0.6) is 0 Å². The summed E-state index contributed by atoms with van der Waals surface area (Å²) in [4.78, 5) is 14.0. The quantitative estimate of drug-likeness (QED) is 0.123. The molecule has 0 bridgehead atoms. The van der Waals surface area contributed by atoms with E-state index in [0.29, 0.717) is 0 Å². The molecule has 1 radical (unpaired) electrons. The summed E-state index contributed by atoms with van der Waals surface area (Å²) in [5.41, 5.74) is 15.2. The van der Waals surface area contributed by atoms with E-state index < -0.39 is 0 Å². The number of hydrogen-bond donors (Lipinski definition) is 0. The molecule has 11 aromatic rings. The Bertz CT molecular complexity index is 3620. The third kappa shape index (κ3) is 8.93. The van der Waals surface area contributed by atoms with Crippen molar-refractivity contribution < 1.29 is 24.5 Å². The molecule has 3 aromatic heterocycles. The van der Waals surface area contributed by atoms with E-state index in [1.165, 1.54) is 55.0 Å². The zero-order valence-electron chi connectivity index (χ0n) is 41.2. The molecule has 0 N–H and O–H groups in total. The maximum absolute atomic E-state index is 6.96. The number of benzene rings is 8. The average molecular weight is 1080 g/mol. The summed E-state index contributed by atoms with van der Waals surface area (Å²) in [5.74, 6) is 1.39. The van der Waals surface area contributed by atoms with Crippen molar-refractivity contribution in [2.45, 2.75) is 91.9 Å². The van der Waals surface area contributed by atoms with E-state index in [1.54, 1.807) is 6.33 Å². The second kappa shape index (κ2) is 18.6. The fraction of sp³-hybridized carbons (Fsp3) is 0.222. The Morgan fingerprint density at radius 3 is 1.96 bits per heavy atom. The third-order valence-corrected chi connectivity index (χ3v) is 13.2. The molecule has 3 heterocycles. The maximum atomic E-state index is 6.96. The zero-order chi connectivity index (χ0) is 47.5. The molecule has 0 fully saturated rings. The zero-order valence-corrected chi connectivity index (χ0v) is 43.6. The maximum Gasteiger partial charge on any atom is 0.121 e. The van der Waals surface area contributed by atoms with Gasteiger partial charge in [-0.1, -0.05) is 153 Å². The average Bonchev–Trinajstić information content (AvgIpc) is 3.91. The molecular formula is C63H58IrN4O-2. The van der Waals surface area contributed by atoms with Crippen LogP contribution < -0.4 is 0 Å². The monoisotopic (exact) mass is 1080 g/mol. The van der Waals surface area contributed by atoms with Crippen LogP contribution in [-0.2, 0) is 30.9 Å². The number of imidazole rings is 1. The van der Waals surface area contributed by atoms with Crippen LogP contribution in [0, 0.1) is 12.1 Å². The minimum atomic E-state index is -0.0302. The van der Waals surface area contributed by atoms with Crippen molar-refractivity contribution in [1.82, 2.24) is 19.5 Å². The molecular weight excluding hydrogens is 1020 g/mol. The van der Waals surface area contributed by atoms with Gasteiger partial charge in [0.25, 0.3) is 0 Å². The normalized spacial score (nSPS) is 12.1. The van der Waals surface area contributed by atoms with Crippen LogP contribution in [0.4, 0.5) is 0 Å². The number of fused-ring (bicyclic) bond motifs is 7. The first-order chi connectivity index (χ1) is 32.7. The molecule has 8 aromatic carbocycles. The molecule has 0 unspecified atom stereocenters. The van der Waals surface area contributed by atoms with Gasteiger partial charge < -0.3 is 8.98 Å². The fourth-order valence-electron chi connectivity index (χ4n) is 9.62.